The third kappa shape index (κ3) is 5.68. The van der Waals surface area contributed by atoms with E-state index in [2.05, 4.69) is 25.2 Å². The van der Waals surface area contributed by atoms with Crippen molar-refractivity contribution in [2.75, 3.05) is 18.9 Å². The van der Waals surface area contributed by atoms with Gasteiger partial charge in [-0.25, -0.2) is 4.79 Å². The maximum atomic E-state index is 12.1. The number of hydrogen-bond donors (Lipinski definition) is 1. The molecule has 136 valence electrons. The van der Waals surface area contributed by atoms with Gasteiger partial charge in [0.15, 0.2) is 0 Å². The zero-order valence-corrected chi connectivity index (χ0v) is 15.9. The maximum absolute atomic E-state index is 12.1. The number of ether oxygens (including phenoxy) is 1. The monoisotopic (exact) mass is 371 g/mol. The number of rotatable bonds is 6. The largest absolute Gasteiger partial charge is 0.487 e. The molecule has 0 aliphatic heterocycles. The Hall–Kier alpha value is -2.71. The van der Waals surface area contributed by atoms with Gasteiger partial charge in [-0.15, -0.1) is 0 Å². The van der Waals surface area contributed by atoms with E-state index in [1.165, 1.54) is 0 Å². The lowest BCUT2D eigenvalue weighted by molar-refractivity contribution is 0.217. The molecule has 0 saturated carbocycles. The molecule has 0 atom stereocenters. The van der Waals surface area contributed by atoms with Crippen molar-refractivity contribution >= 4 is 23.3 Å². The minimum absolute atomic E-state index is 0.184. The van der Waals surface area contributed by atoms with Crippen LogP contribution >= 0.6 is 11.6 Å². The van der Waals surface area contributed by atoms with E-state index in [1.54, 1.807) is 42.3 Å². The van der Waals surface area contributed by atoms with Gasteiger partial charge in [-0.05, 0) is 41.8 Å². The van der Waals surface area contributed by atoms with Gasteiger partial charge < -0.3 is 15.0 Å². The Labute approximate surface area is 159 Å². The molecule has 0 radical (unpaired) electrons. The van der Waals surface area contributed by atoms with E-state index in [0.29, 0.717) is 41.1 Å². The zero-order valence-electron chi connectivity index (χ0n) is 15.1. The molecular weight excluding hydrogens is 350 g/mol. The van der Waals surface area contributed by atoms with Crippen molar-refractivity contribution in [3.63, 3.8) is 0 Å². The van der Waals surface area contributed by atoms with Crippen LogP contribution in [-0.2, 0) is 6.61 Å². The maximum Gasteiger partial charge on any atom is 0.321 e. The van der Waals surface area contributed by atoms with E-state index >= 15 is 0 Å². The van der Waals surface area contributed by atoms with E-state index in [9.17, 15) is 4.79 Å². The molecule has 0 fully saturated rings. The molecule has 0 aromatic heterocycles. The Kier molecular flexibility index (Phi) is 6.88. The number of urea groups is 1. The van der Waals surface area contributed by atoms with Crippen LogP contribution in [0.2, 0.25) is 5.02 Å². The second-order valence-electron chi connectivity index (χ2n) is 6.45. The van der Waals surface area contributed by atoms with Gasteiger partial charge in [-0.2, -0.15) is 5.26 Å². The predicted molar refractivity (Wildman–Crippen MR) is 103 cm³/mol. The molecule has 0 spiro atoms. The van der Waals surface area contributed by atoms with Crippen molar-refractivity contribution in [3.05, 3.63) is 58.6 Å². The van der Waals surface area contributed by atoms with E-state index in [1.807, 2.05) is 12.1 Å². The van der Waals surface area contributed by atoms with Crippen molar-refractivity contribution in [1.82, 2.24) is 4.90 Å². The first kappa shape index (κ1) is 19.6. The van der Waals surface area contributed by atoms with Crippen LogP contribution in [0.15, 0.2) is 42.5 Å². The first-order valence-electron chi connectivity index (χ1n) is 8.32. The average Bonchev–Trinajstić information content (AvgIpc) is 2.60. The van der Waals surface area contributed by atoms with E-state index in [-0.39, 0.29) is 6.03 Å². The van der Waals surface area contributed by atoms with Gasteiger partial charge in [0, 0.05) is 19.3 Å². The molecule has 1 N–H and O–H groups in total. The third-order valence-electron chi connectivity index (χ3n) is 3.62. The van der Waals surface area contributed by atoms with Crippen LogP contribution in [-0.4, -0.2) is 24.5 Å². The highest BCUT2D eigenvalue weighted by Gasteiger charge is 2.11. The Bertz CT molecular complexity index is 815. The van der Waals surface area contributed by atoms with Crippen LogP contribution < -0.4 is 10.1 Å². The van der Waals surface area contributed by atoms with Crippen LogP contribution in [0.5, 0.6) is 5.75 Å². The van der Waals surface area contributed by atoms with Crippen LogP contribution in [0, 0.1) is 17.2 Å². The van der Waals surface area contributed by atoms with Gasteiger partial charge in [0.2, 0.25) is 0 Å². The summed E-state index contributed by atoms with van der Waals surface area (Å²) in [5, 5.41) is 12.2. The molecule has 6 heteroatoms. The molecule has 2 aromatic carbocycles. The summed E-state index contributed by atoms with van der Waals surface area (Å²) in [6, 6.07) is 14.2. The topological polar surface area (TPSA) is 65.4 Å². The number of amides is 2. The fourth-order valence-electron chi connectivity index (χ4n) is 2.44. The van der Waals surface area contributed by atoms with Gasteiger partial charge in [0.25, 0.3) is 0 Å². The Morgan fingerprint density at radius 1 is 1.31 bits per heavy atom. The van der Waals surface area contributed by atoms with Gasteiger partial charge in [-0.1, -0.05) is 37.6 Å². The minimum atomic E-state index is -0.184. The molecular formula is C20H22ClN3O2. The Balaban J connectivity index is 1.98. The summed E-state index contributed by atoms with van der Waals surface area (Å²) >= 11 is 6.26. The zero-order chi connectivity index (χ0) is 19.1. The lowest BCUT2D eigenvalue weighted by Crippen LogP contribution is -2.34. The summed E-state index contributed by atoms with van der Waals surface area (Å²) in [7, 11) is 1.75. The molecule has 0 bridgehead atoms. The summed E-state index contributed by atoms with van der Waals surface area (Å²) in [5.41, 5.74) is 2.07. The number of halogens is 1. The summed E-state index contributed by atoms with van der Waals surface area (Å²) in [4.78, 5) is 13.8. The molecule has 5 nitrogen and oxygen atoms in total. The molecule has 2 rings (SSSR count). The lowest BCUT2D eigenvalue weighted by Gasteiger charge is -2.20. The molecule has 0 heterocycles. The highest BCUT2D eigenvalue weighted by molar-refractivity contribution is 6.32. The third-order valence-corrected chi connectivity index (χ3v) is 3.91. The number of carbonyl (C=O) groups is 1. The molecule has 0 aliphatic rings. The number of nitrogens with zero attached hydrogens (tertiary/aromatic N) is 2. The number of nitrogens with one attached hydrogen (secondary N) is 1. The highest BCUT2D eigenvalue weighted by Crippen LogP contribution is 2.28. The fourth-order valence-corrected chi connectivity index (χ4v) is 2.67. The van der Waals surface area contributed by atoms with Gasteiger partial charge in [0.1, 0.15) is 12.4 Å². The molecule has 0 aliphatic carbocycles. The normalized spacial score (nSPS) is 10.3. The van der Waals surface area contributed by atoms with Gasteiger partial charge >= 0.3 is 6.03 Å². The molecule has 0 unspecified atom stereocenters. The SMILES string of the molecule is CC(C)CN(C)C(=O)Nc1ccc(OCc2cccc(C#N)c2)c(Cl)c1. The molecule has 0 saturated heterocycles. The van der Waals surface area contributed by atoms with Crippen LogP contribution in [0.3, 0.4) is 0 Å². The van der Waals surface area contributed by atoms with Crippen molar-refractivity contribution < 1.29 is 9.53 Å². The van der Waals surface area contributed by atoms with Crippen LogP contribution in [0.25, 0.3) is 0 Å². The smallest absolute Gasteiger partial charge is 0.321 e. The van der Waals surface area contributed by atoms with Crippen molar-refractivity contribution in [2.24, 2.45) is 5.92 Å². The first-order chi connectivity index (χ1) is 12.4. The molecule has 26 heavy (non-hydrogen) atoms. The Morgan fingerprint density at radius 2 is 2.08 bits per heavy atom. The van der Waals surface area contributed by atoms with Crippen molar-refractivity contribution in [3.8, 4) is 11.8 Å². The summed E-state index contributed by atoms with van der Waals surface area (Å²) in [6.07, 6.45) is 0. The van der Waals surface area contributed by atoms with Crippen LogP contribution in [0.1, 0.15) is 25.0 Å². The first-order valence-corrected chi connectivity index (χ1v) is 8.70. The fraction of sp³-hybridized carbons (Fsp3) is 0.300. The average molecular weight is 372 g/mol. The Morgan fingerprint density at radius 3 is 2.73 bits per heavy atom. The van der Waals surface area contributed by atoms with E-state index in [4.69, 9.17) is 21.6 Å². The van der Waals surface area contributed by atoms with Crippen LogP contribution in [0.4, 0.5) is 10.5 Å². The van der Waals surface area contributed by atoms with Crippen molar-refractivity contribution in [1.29, 1.82) is 5.26 Å². The second-order valence-corrected chi connectivity index (χ2v) is 6.86. The molecule has 2 amide bonds. The quantitative estimate of drug-likeness (QED) is 0.784. The standard InChI is InChI=1S/C20H22ClN3O2/c1-14(2)12-24(3)20(25)23-17-7-8-19(18(21)10-17)26-13-16-6-4-5-15(9-16)11-22/h4-10,14H,12-13H2,1-3H3,(H,23,25). The highest BCUT2D eigenvalue weighted by atomic mass is 35.5. The second kappa shape index (κ2) is 9.12. The summed E-state index contributed by atoms with van der Waals surface area (Å²) < 4.78 is 5.72. The number of nitriles is 1. The summed E-state index contributed by atoms with van der Waals surface area (Å²) in [6.45, 7) is 5.08. The van der Waals surface area contributed by atoms with E-state index in [0.717, 1.165) is 5.56 Å². The number of hydrogen-bond acceptors (Lipinski definition) is 3. The number of anilines is 1. The molecule has 2 aromatic rings. The predicted octanol–water partition coefficient (Wildman–Crippen LogP) is 4.91. The minimum Gasteiger partial charge on any atom is -0.487 e. The lowest BCUT2D eigenvalue weighted by atomic mass is 10.1. The van der Waals surface area contributed by atoms with Crippen molar-refractivity contribution in [2.45, 2.75) is 20.5 Å². The number of carbonyl (C=O) groups excluding carboxylic acids is 1. The number of benzene rings is 2. The van der Waals surface area contributed by atoms with E-state index < -0.39 is 0 Å². The summed E-state index contributed by atoms with van der Waals surface area (Å²) in [5.74, 6) is 0.909. The van der Waals surface area contributed by atoms with Gasteiger partial charge in [-0.3, -0.25) is 0 Å². The van der Waals surface area contributed by atoms with Gasteiger partial charge in [0.05, 0.1) is 16.7 Å².